The summed E-state index contributed by atoms with van der Waals surface area (Å²) in [6.45, 7) is 1.68. The molecule has 2 rings (SSSR count). The molecule has 0 saturated heterocycles. The van der Waals surface area contributed by atoms with Crippen molar-refractivity contribution >= 4 is 53.8 Å². The van der Waals surface area contributed by atoms with Crippen LogP contribution >= 0.6 is 47.8 Å². The van der Waals surface area contributed by atoms with Crippen molar-refractivity contribution in [2.24, 2.45) is 0 Å². The molecule has 0 spiro atoms. The molecule has 1 heterocycles. The van der Waals surface area contributed by atoms with Crippen molar-refractivity contribution in [2.75, 3.05) is 0 Å². The number of benzene rings is 1. The van der Waals surface area contributed by atoms with E-state index in [-0.39, 0.29) is 0 Å². The zero-order valence-corrected chi connectivity index (χ0v) is 14.8. The fourth-order valence-electron chi connectivity index (χ4n) is 1.66. The number of carbonyl (C=O) groups is 1. The average Bonchev–Trinajstić information content (AvgIpc) is 2.29. The van der Waals surface area contributed by atoms with Gasteiger partial charge >= 0.3 is 5.97 Å². The van der Waals surface area contributed by atoms with E-state index in [2.05, 4.69) is 52.9 Å². The van der Waals surface area contributed by atoms with E-state index in [1.54, 1.807) is 19.1 Å². The molecule has 0 aliphatic carbocycles. The molecule has 0 radical (unpaired) electrons. The second-order valence-corrected chi connectivity index (χ2v) is 6.56. The smallest absolute Gasteiger partial charge is 0.360 e. The Hall–Kier alpha value is -0.990. The van der Waals surface area contributed by atoms with Crippen LogP contribution in [-0.2, 0) is 0 Å². The van der Waals surface area contributed by atoms with Gasteiger partial charge in [0.05, 0.1) is 5.69 Å². The number of carboxylic acid groups (broad SMARTS) is 1. The van der Waals surface area contributed by atoms with Gasteiger partial charge in [-0.15, -0.1) is 0 Å². The lowest BCUT2D eigenvalue weighted by molar-refractivity contribution is 0.0686. The summed E-state index contributed by atoms with van der Waals surface area (Å²) in [4.78, 5) is 22.6. The van der Waals surface area contributed by atoms with Gasteiger partial charge in [0.2, 0.25) is 11.1 Å². The molecule has 0 fully saturated rings. The lowest BCUT2D eigenvalue weighted by Gasteiger charge is -2.14. The summed E-state index contributed by atoms with van der Waals surface area (Å²) in [5.74, 6) is -1.35. The first kappa shape index (κ1) is 15.4. The highest BCUT2D eigenvalue weighted by atomic mass is 79.9. The standard InChI is InChI=1S/C12H7Br3N2O3/c1-5-2-9(18)10(12(19)20)16-17(5)11-7(14)3-6(13)4-8(11)15/h2-4H,1H3,(H,19,20). The van der Waals surface area contributed by atoms with Crippen LogP contribution in [0.1, 0.15) is 16.2 Å². The summed E-state index contributed by atoms with van der Waals surface area (Å²) in [7, 11) is 0. The molecule has 0 aliphatic rings. The van der Waals surface area contributed by atoms with Gasteiger partial charge in [-0.05, 0) is 50.9 Å². The summed E-state index contributed by atoms with van der Waals surface area (Å²) in [5.41, 5.74) is 0.0184. The van der Waals surface area contributed by atoms with Gasteiger partial charge in [-0.1, -0.05) is 15.9 Å². The van der Waals surface area contributed by atoms with Gasteiger partial charge in [0.15, 0.2) is 0 Å². The number of nitrogens with zero attached hydrogens (tertiary/aromatic N) is 2. The highest BCUT2D eigenvalue weighted by Crippen LogP contribution is 2.32. The van der Waals surface area contributed by atoms with Gasteiger partial charge < -0.3 is 5.11 Å². The van der Waals surface area contributed by atoms with E-state index in [4.69, 9.17) is 5.11 Å². The summed E-state index contributed by atoms with van der Waals surface area (Å²) in [6.07, 6.45) is 0. The van der Waals surface area contributed by atoms with Crippen molar-refractivity contribution in [1.82, 2.24) is 9.78 Å². The maximum absolute atomic E-state index is 11.6. The number of aromatic carboxylic acids is 1. The highest BCUT2D eigenvalue weighted by Gasteiger charge is 2.17. The third-order valence-corrected chi connectivity index (χ3v) is 4.17. The molecule has 104 valence electrons. The molecule has 0 bridgehead atoms. The highest BCUT2D eigenvalue weighted by molar-refractivity contribution is 9.11. The molecule has 0 saturated carbocycles. The van der Waals surface area contributed by atoms with Crippen molar-refractivity contribution < 1.29 is 9.90 Å². The third-order valence-electron chi connectivity index (χ3n) is 2.50. The number of aromatic nitrogens is 2. The summed E-state index contributed by atoms with van der Waals surface area (Å²) < 4.78 is 3.66. The van der Waals surface area contributed by atoms with E-state index in [1.807, 2.05) is 0 Å². The second-order valence-electron chi connectivity index (χ2n) is 3.93. The Morgan fingerprint density at radius 1 is 1.20 bits per heavy atom. The van der Waals surface area contributed by atoms with E-state index in [0.717, 1.165) is 4.47 Å². The van der Waals surface area contributed by atoms with Crippen molar-refractivity contribution in [3.05, 3.63) is 53.2 Å². The van der Waals surface area contributed by atoms with E-state index >= 15 is 0 Å². The number of rotatable bonds is 2. The zero-order chi connectivity index (χ0) is 15.0. The van der Waals surface area contributed by atoms with Crippen molar-refractivity contribution in [3.8, 4) is 5.69 Å². The number of aryl methyl sites for hydroxylation is 1. The second kappa shape index (κ2) is 5.79. The normalized spacial score (nSPS) is 10.6. The molecule has 0 aliphatic heterocycles. The van der Waals surface area contributed by atoms with E-state index in [1.165, 1.54) is 10.7 Å². The number of hydrogen-bond donors (Lipinski definition) is 1. The van der Waals surface area contributed by atoms with Crippen LogP contribution in [0.15, 0.2) is 36.4 Å². The molecule has 1 aromatic heterocycles. The number of carboxylic acids is 1. The van der Waals surface area contributed by atoms with Crippen molar-refractivity contribution in [1.29, 1.82) is 0 Å². The van der Waals surface area contributed by atoms with Crippen LogP contribution < -0.4 is 5.43 Å². The summed E-state index contributed by atoms with van der Waals surface area (Å²) in [6, 6.07) is 4.86. The quantitative estimate of drug-likeness (QED) is 0.735. The van der Waals surface area contributed by atoms with Crippen molar-refractivity contribution in [3.63, 3.8) is 0 Å². The monoisotopic (exact) mass is 464 g/mol. The predicted molar refractivity (Wildman–Crippen MR) is 84.6 cm³/mol. The lowest BCUT2D eigenvalue weighted by atomic mass is 10.3. The van der Waals surface area contributed by atoms with Crippen LogP contribution in [-0.4, -0.2) is 20.9 Å². The maximum Gasteiger partial charge on any atom is 0.360 e. The topological polar surface area (TPSA) is 72.2 Å². The van der Waals surface area contributed by atoms with Crippen LogP contribution in [0.5, 0.6) is 0 Å². The summed E-state index contributed by atoms with van der Waals surface area (Å²) >= 11 is 10.2. The molecule has 0 unspecified atom stereocenters. The minimum absolute atomic E-state index is 0.516. The Labute approximate surface area is 139 Å². The average molecular weight is 467 g/mol. The van der Waals surface area contributed by atoms with Crippen LogP contribution in [0.2, 0.25) is 0 Å². The van der Waals surface area contributed by atoms with E-state index < -0.39 is 17.1 Å². The Kier molecular flexibility index (Phi) is 4.46. The largest absolute Gasteiger partial charge is 0.476 e. The molecular formula is C12H7Br3N2O3. The van der Waals surface area contributed by atoms with Crippen molar-refractivity contribution in [2.45, 2.75) is 6.92 Å². The fourth-order valence-corrected chi connectivity index (χ4v) is 4.25. The molecular weight excluding hydrogens is 460 g/mol. The molecule has 20 heavy (non-hydrogen) atoms. The molecule has 0 amide bonds. The molecule has 5 nitrogen and oxygen atoms in total. The van der Waals surface area contributed by atoms with Gasteiger partial charge in [0, 0.05) is 25.2 Å². The maximum atomic E-state index is 11.6. The molecule has 8 heteroatoms. The SMILES string of the molecule is Cc1cc(=O)c(C(=O)O)nn1-c1c(Br)cc(Br)cc1Br. The van der Waals surface area contributed by atoms with Crippen LogP contribution in [0, 0.1) is 6.92 Å². The van der Waals surface area contributed by atoms with Gasteiger partial charge in [0.25, 0.3) is 0 Å². The molecule has 1 N–H and O–H groups in total. The third kappa shape index (κ3) is 2.87. The molecule has 0 atom stereocenters. The van der Waals surface area contributed by atoms with E-state index in [9.17, 15) is 9.59 Å². The fraction of sp³-hybridized carbons (Fsp3) is 0.0833. The van der Waals surface area contributed by atoms with Gasteiger partial charge in [-0.25, -0.2) is 9.48 Å². The van der Waals surface area contributed by atoms with Crippen LogP contribution in [0.3, 0.4) is 0 Å². The minimum Gasteiger partial charge on any atom is -0.476 e. The van der Waals surface area contributed by atoms with Crippen LogP contribution in [0.25, 0.3) is 5.69 Å². The first-order valence-corrected chi connectivity index (χ1v) is 7.68. The van der Waals surface area contributed by atoms with Gasteiger partial charge in [0.1, 0.15) is 0 Å². The first-order chi connectivity index (χ1) is 9.31. The minimum atomic E-state index is -1.35. The Bertz CT molecular complexity index is 748. The predicted octanol–water partition coefficient (Wildman–Crippen LogP) is 3.53. The Morgan fingerprint density at radius 3 is 2.25 bits per heavy atom. The molecule has 1 aromatic carbocycles. The first-order valence-electron chi connectivity index (χ1n) is 5.30. The Morgan fingerprint density at radius 2 is 1.75 bits per heavy atom. The van der Waals surface area contributed by atoms with Crippen LogP contribution in [0.4, 0.5) is 0 Å². The zero-order valence-electron chi connectivity index (χ0n) is 10.0. The van der Waals surface area contributed by atoms with Gasteiger partial charge in [-0.3, -0.25) is 4.79 Å². The number of halogens is 3. The van der Waals surface area contributed by atoms with Gasteiger partial charge in [-0.2, -0.15) is 5.10 Å². The molecule has 2 aromatic rings. The number of hydrogen-bond acceptors (Lipinski definition) is 3. The summed E-state index contributed by atoms with van der Waals surface area (Å²) in [5, 5.41) is 12.9. The lowest BCUT2D eigenvalue weighted by Crippen LogP contribution is -2.22. The van der Waals surface area contributed by atoms with E-state index in [0.29, 0.717) is 20.3 Å². The Balaban J connectivity index is 2.80.